The second kappa shape index (κ2) is 9.26. The molecule has 11 nitrogen and oxygen atoms in total. The average Bonchev–Trinajstić information content (AvgIpc) is 3.32. The second-order valence-corrected chi connectivity index (χ2v) is 11.0. The lowest BCUT2D eigenvalue weighted by atomic mass is 9.96. The Kier molecular flexibility index (Phi) is 6.58. The molecule has 1 aromatic carbocycles. The number of fused-ring (bicyclic) bond motifs is 1. The molecule has 35 heavy (non-hydrogen) atoms. The van der Waals surface area contributed by atoms with E-state index in [9.17, 15) is 14.8 Å². The zero-order valence-electron chi connectivity index (χ0n) is 18.5. The highest BCUT2D eigenvalue weighted by Gasteiger charge is 2.54. The molecule has 5 rings (SSSR count). The van der Waals surface area contributed by atoms with Gasteiger partial charge in [-0.2, -0.15) is 0 Å². The van der Waals surface area contributed by atoms with Crippen LogP contribution in [0.5, 0.6) is 0 Å². The highest BCUT2D eigenvalue weighted by molar-refractivity contribution is 7.48. The quantitative estimate of drug-likeness (QED) is 0.406. The summed E-state index contributed by atoms with van der Waals surface area (Å²) in [6, 6.07) is 6.60. The lowest BCUT2D eigenvalue weighted by Gasteiger charge is -2.30. The van der Waals surface area contributed by atoms with Crippen molar-refractivity contribution in [2.24, 2.45) is 0 Å². The van der Waals surface area contributed by atoms with Gasteiger partial charge in [0.15, 0.2) is 6.23 Å². The van der Waals surface area contributed by atoms with E-state index in [1.54, 1.807) is 35.0 Å². The standard InChI is InChI=1S/C21H23Cl2N4O7P/c1-21(29)17(28)16(33-20(21)27-6-4-13-18(24)25-10-26-19(13)27)9-32-35(30)31-7-5-15(34-35)12-3-2-11(22)8-14(12)23/h2-4,6,8,10,15-17,20,28-29H,5,7,9H2,1H3,(H2,24,25,26)/t15-,16+,17+,20+,21+,35+/m0/s1. The predicted molar refractivity (Wildman–Crippen MR) is 127 cm³/mol. The van der Waals surface area contributed by atoms with Gasteiger partial charge in [0.25, 0.3) is 0 Å². The van der Waals surface area contributed by atoms with Crippen molar-refractivity contribution < 1.29 is 33.1 Å². The molecule has 2 aliphatic rings. The van der Waals surface area contributed by atoms with E-state index in [-0.39, 0.29) is 19.0 Å². The van der Waals surface area contributed by atoms with Gasteiger partial charge in [0.05, 0.1) is 24.7 Å². The van der Waals surface area contributed by atoms with E-state index in [4.69, 9.17) is 47.2 Å². The Morgan fingerprint density at radius 2 is 2.14 bits per heavy atom. The number of benzene rings is 1. The van der Waals surface area contributed by atoms with Gasteiger partial charge in [-0.15, -0.1) is 0 Å². The number of phosphoric ester groups is 1. The number of ether oxygens (including phenoxy) is 1. The second-order valence-electron chi connectivity index (χ2n) is 8.54. The molecule has 2 aliphatic heterocycles. The van der Waals surface area contributed by atoms with Crippen molar-refractivity contribution in [1.82, 2.24) is 14.5 Å². The van der Waals surface area contributed by atoms with Crippen LogP contribution in [0, 0.1) is 0 Å². The van der Waals surface area contributed by atoms with Crippen molar-refractivity contribution in [2.75, 3.05) is 18.9 Å². The summed E-state index contributed by atoms with van der Waals surface area (Å²) in [4.78, 5) is 8.15. The summed E-state index contributed by atoms with van der Waals surface area (Å²) in [5, 5.41) is 23.2. The van der Waals surface area contributed by atoms with Crippen molar-refractivity contribution in [2.45, 2.75) is 43.5 Å². The average molecular weight is 545 g/mol. The number of aliphatic hydroxyl groups excluding tert-OH is 1. The van der Waals surface area contributed by atoms with Crippen molar-refractivity contribution in [3.63, 3.8) is 0 Å². The van der Waals surface area contributed by atoms with Crippen molar-refractivity contribution in [3.8, 4) is 0 Å². The molecule has 0 unspecified atom stereocenters. The Labute approximate surface area is 210 Å². The lowest BCUT2D eigenvalue weighted by Crippen LogP contribution is -2.44. The molecule has 0 spiro atoms. The van der Waals surface area contributed by atoms with Crippen molar-refractivity contribution in [1.29, 1.82) is 0 Å². The molecule has 3 aromatic rings. The van der Waals surface area contributed by atoms with Gasteiger partial charge in [0.2, 0.25) is 0 Å². The summed E-state index contributed by atoms with van der Waals surface area (Å²) in [6.45, 7) is 1.15. The lowest BCUT2D eigenvalue weighted by molar-refractivity contribution is -0.0950. The first-order valence-corrected chi connectivity index (χ1v) is 13.0. The van der Waals surface area contributed by atoms with Crippen LogP contribution in [0.15, 0.2) is 36.8 Å². The maximum Gasteiger partial charge on any atom is 0.475 e. The molecule has 4 heterocycles. The largest absolute Gasteiger partial charge is 0.475 e. The van der Waals surface area contributed by atoms with Crippen molar-refractivity contribution >= 4 is 47.9 Å². The van der Waals surface area contributed by atoms with Gasteiger partial charge in [0, 0.05) is 28.2 Å². The van der Waals surface area contributed by atoms with Crippen LogP contribution >= 0.6 is 31.0 Å². The van der Waals surface area contributed by atoms with Crippen LogP contribution in [0.25, 0.3) is 11.0 Å². The summed E-state index contributed by atoms with van der Waals surface area (Å²) in [5.41, 5.74) is 5.18. The molecule has 4 N–H and O–H groups in total. The third-order valence-corrected chi connectivity index (χ3v) is 8.18. The minimum absolute atomic E-state index is 0.103. The molecular weight excluding hydrogens is 522 g/mol. The minimum Gasteiger partial charge on any atom is -0.387 e. The zero-order valence-corrected chi connectivity index (χ0v) is 20.9. The van der Waals surface area contributed by atoms with Crippen LogP contribution in [0.1, 0.15) is 31.2 Å². The molecule has 188 valence electrons. The number of nitrogens with two attached hydrogens (primary N) is 1. The number of aromatic nitrogens is 3. The first-order valence-electron chi connectivity index (χ1n) is 10.7. The Morgan fingerprint density at radius 3 is 2.91 bits per heavy atom. The van der Waals surface area contributed by atoms with Crippen LogP contribution in [-0.2, 0) is 22.9 Å². The van der Waals surface area contributed by atoms with Crippen LogP contribution in [-0.4, -0.2) is 55.8 Å². The van der Waals surface area contributed by atoms with Gasteiger partial charge in [-0.3, -0.25) is 13.6 Å². The third kappa shape index (κ3) is 4.57. The minimum atomic E-state index is -4.02. The number of rotatable bonds is 5. The van der Waals surface area contributed by atoms with Gasteiger partial charge in [-0.1, -0.05) is 29.3 Å². The van der Waals surface area contributed by atoms with Gasteiger partial charge >= 0.3 is 7.82 Å². The summed E-state index contributed by atoms with van der Waals surface area (Å²) in [7, 11) is -4.02. The normalized spacial score (nSPS) is 33.4. The highest BCUT2D eigenvalue weighted by Crippen LogP contribution is 2.58. The molecule has 2 saturated heterocycles. The number of anilines is 1. The van der Waals surface area contributed by atoms with Gasteiger partial charge in [-0.05, 0) is 25.1 Å². The fraction of sp³-hybridized carbons (Fsp3) is 0.429. The highest BCUT2D eigenvalue weighted by atomic mass is 35.5. The number of hydrogen-bond donors (Lipinski definition) is 3. The molecule has 0 radical (unpaired) electrons. The topological polar surface area (TPSA) is 151 Å². The molecule has 2 fully saturated rings. The van der Waals surface area contributed by atoms with E-state index in [1.165, 1.54) is 13.3 Å². The molecule has 2 aromatic heterocycles. The van der Waals surface area contributed by atoms with E-state index < -0.39 is 38.0 Å². The van der Waals surface area contributed by atoms with E-state index in [1.807, 2.05) is 0 Å². The van der Waals surface area contributed by atoms with E-state index >= 15 is 0 Å². The fourth-order valence-electron chi connectivity index (χ4n) is 4.28. The van der Waals surface area contributed by atoms with Crippen LogP contribution in [0.3, 0.4) is 0 Å². The number of nitrogen functional groups attached to an aromatic ring is 1. The summed E-state index contributed by atoms with van der Waals surface area (Å²) >= 11 is 12.2. The third-order valence-electron chi connectivity index (χ3n) is 6.14. The van der Waals surface area contributed by atoms with Gasteiger partial charge in [0.1, 0.15) is 35.6 Å². The molecule has 14 heteroatoms. The maximum absolute atomic E-state index is 13.2. The zero-order chi connectivity index (χ0) is 25.0. The SMILES string of the molecule is C[C@@]1(O)[C@H](O)[C@@H](CO[P@@]2(=O)OCC[C@@H](c3ccc(Cl)cc3Cl)O2)O[C@H]1n1ccc2c(N)ncnc21. The van der Waals surface area contributed by atoms with Gasteiger partial charge < -0.3 is 25.3 Å². The van der Waals surface area contributed by atoms with Crippen molar-refractivity contribution in [3.05, 3.63) is 52.4 Å². The molecular formula is C21H23Cl2N4O7P. The molecule has 6 atom stereocenters. The molecule has 0 saturated carbocycles. The first kappa shape index (κ1) is 24.9. The number of hydrogen-bond acceptors (Lipinski definition) is 10. The van der Waals surface area contributed by atoms with Crippen LogP contribution in [0.2, 0.25) is 10.0 Å². The van der Waals surface area contributed by atoms with E-state index in [0.29, 0.717) is 33.1 Å². The number of nitrogens with zero attached hydrogens (tertiary/aromatic N) is 3. The number of phosphoric acid groups is 1. The summed E-state index contributed by atoms with van der Waals surface area (Å²) in [5.74, 6) is 0.270. The summed E-state index contributed by atoms with van der Waals surface area (Å²) in [6.07, 6.45) is -0.790. The smallest absolute Gasteiger partial charge is 0.387 e. The Morgan fingerprint density at radius 1 is 1.34 bits per heavy atom. The number of aliphatic hydroxyl groups is 2. The maximum atomic E-state index is 13.2. The Bertz CT molecular complexity index is 1310. The predicted octanol–water partition coefficient (Wildman–Crippen LogP) is 3.63. The summed E-state index contributed by atoms with van der Waals surface area (Å²) < 4.78 is 37.1. The monoisotopic (exact) mass is 544 g/mol. The fourth-order valence-corrected chi connectivity index (χ4v) is 6.19. The molecule has 0 amide bonds. The Balaban J connectivity index is 1.31. The number of halogens is 2. The Hall–Kier alpha value is -1.79. The van der Waals surface area contributed by atoms with E-state index in [0.717, 1.165) is 0 Å². The molecule has 0 bridgehead atoms. The van der Waals surface area contributed by atoms with Crippen LogP contribution < -0.4 is 5.73 Å². The van der Waals surface area contributed by atoms with E-state index in [2.05, 4.69) is 9.97 Å². The van der Waals surface area contributed by atoms with Crippen LogP contribution in [0.4, 0.5) is 5.82 Å². The van der Waals surface area contributed by atoms with Gasteiger partial charge in [-0.25, -0.2) is 14.5 Å². The molecule has 0 aliphatic carbocycles. The first-order chi connectivity index (χ1) is 16.6.